The molecule has 0 aromatic carbocycles. The molecule has 110 valence electrons. The largest absolute Gasteiger partial charge is 0.462 e. The van der Waals surface area contributed by atoms with Crippen LogP contribution in [0, 0.1) is 5.92 Å². The second-order valence-corrected chi connectivity index (χ2v) is 5.45. The van der Waals surface area contributed by atoms with Gasteiger partial charge in [0, 0.05) is 12.2 Å². The Morgan fingerprint density at radius 3 is 2.90 bits per heavy atom. The van der Waals surface area contributed by atoms with Gasteiger partial charge in [-0.25, -0.2) is 9.78 Å². The van der Waals surface area contributed by atoms with E-state index in [9.17, 15) is 4.79 Å². The van der Waals surface area contributed by atoms with E-state index in [1.54, 1.807) is 18.3 Å². The van der Waals surface area contributed by atoms with Gasteiger partial charge >= 0.3 is 5.97 Å². The number of rotatable bonds is 5. The molecule has 4 heteroatoms. The summed E-state index contributed by atoms with van der Waals surface area (Å²) in [5, 5.41) is 3.41. The third-order valence-corrected chi connectivity index (χ3v) is 4.02. The number of anilines is 1. The van der Waals surface area contributed by atoms with Crippen molar-refractivity contribution in [2.24, 2.45) is 5.92 Å². The third kappa shape index (κ3) is 3.71. The average molecular weight is 276 g/mol. The van der Waals surface area contributed by atoms with Crippen molar-refractivity contribution >= 4 is 11.8 Å². The Morgan fingerprint density at radius 1 is 1.45 bits per heavy atom. The molecule has 0 amide bonds. The molecule has 1 N–H and O–H groups in total. The summed E-state index contributed by atoms with van der Waals surface area (Å²) in [6.45, 7) is 4.37. The molecule has 0 aliphatic heterocycles. The second-order valence-electron chi connectivity index (χ2n) is 5.45. The molecule has 20 heavy (non-hydrogen) atoms. The molecule has 1 saturated carbocycles. The molecule has 1 fully saturated rings. The molecule has 0 bridgehead atoms. The molecule has 1 aromatic rings. The molecule has 4 nitrogen and oxygen atoms in total. The van der Waals surface area contributed by atoms with Crippen LogP contribution in [0.5, 0.6) is 0 Å². The Morgan fingerprint density at radius 2 is 2.20 bits per heavy atom. The molecule has 1 aliphatic rings. The summed E-state index contributed by atoms with van der Waals surface area (Å²) in [4.78, 5) is 16.2. The van der Waals surface area contributed by atoms with Gasteiger partial charge in [-0.1, -0.05) is 19.3 Å². The van der Waals surface area contributed by atoms with E-state index in [1.807, 2.05) is 6.92 Å². The molecule has 1 unspecified atom stereocenters. The summed E-state index contributed by atoms with van der Waals surface area (Å²) >= 11 is 0. The van der Waals surface area contributed by atoms with Crippen molar-refractivity contribution in [2.45, 2.75) is 52.0 Å². The fourth-order valence-electron chi connectivity index (χ4n) is 2.86. The lowest BCUT2D eigenvalue weighted by molar-refractivity contribution is 0.0527. The number of ether oxygens (including phenoxy) is 1. The summed E-state index contributed by atoms with van der Waals surface area (Å²) < 4.78 is 5.08. The fourth-order valence-corrected chi connectivity index (χ4v) is 2.86. The zero-order valence-electron chi connectivity index (χ0n) is 12.4. The molecule has 1 aliphatic carbocycles. The average Bonchev–Trinajstić information content (AvgIpc) is 2.49. The van der Waals surface area contributed by atoms with Crippen molar-refractivity contribution in [1.82, 2.24) is 4.98 Å². The van der Waals surface area contributed by atoms with Crippen molar-refractivity contribution in [2.75, 3.05) is 11.9 Å². The Labute approximate surface area is 120 Å². The van der Waals surface area contributed by atoms with Gasteiger partial charge in [0.05, 0.1) is 6.61 Å². The molecule has 1 heterocycles. The van der Waals surface area contributed by atoms with Crippen molar-refractivity contribution in [3.8, 4) is 0 Å². The number of esters is 1. The molecule has 0 spiro atoms. The van der Waals surface area contributed by atoms with Crippen LogP contribution in [0.2, 0.25) is 0 Å². The number of aromatic nitrogens is 1. The van der Waals surface area contributed by atoms with Crippen LogP contribution in [0.25, 0.3) is 0 Å². The van der Waals surface area contributed by atoms with Crippen LogP contribution in [0.4, 0.5) is 5.82 Å². The van der Waals surface area contributed by atoms with Gasteiger partial charge in [-0.3, -0.25) is 0 Å². The van der Waals surface area contributed by atoms with Gasteiger partial charge in [0.2, 0.25) is 0 Å². The predicted octanol–water partition coefficient (Wildman–Crippen LogP) is 3.64. The SMILES string of the molecule is CCOC(=O)c1cccnc1NC(C)C1CCCCC1. The third-order valence-electron chi connectivity index (χ3n) is 4.02. The summed E-state index contributed by atoms with van der Waals surface area (Å²) in [6, 6.07) is 3.86. The highest BCUT2D eigenvalue weighted by molar-refractivity contribution is 5.94. The minimum atomic E-state index is -0.307. The van der Waals surface area contributed by atoms with Crippen LogP contribution in [-0.4, -0.2) is 23.6 Å². The van der Waals surface area contributed by atoms with Crippen LogP contribution in [0.3, 0.4) is 0 Å². The van der Waals surface area contributed by atoms with Crippen LogP contribution in [0.15, 0.2) is 18.3 Å². The molecule has 1 aromatic heterocycles. The maximum atomic E-state index is 11.9. The van der Waals surface area contributed by atoms with Gasteiger partial charge in [0.1, 0.15) is 11.4 Å². The number of carbonyl (C=O) groups excluding carboxylic acids is 1. The Bertz CT molecular complexity index is 442. The van der Waals surface area contributed by atoms with E-state index in [0.717, 1.165) is 0 Å². The zero-order chi connectivity index (χ0) is 14.4. The maximum absolute atomic E-state index is 11.9. The van der Waals surface area contributed by atoms with Gasteiger partial charge < -0.3 is 10.1 Å². The number of nitrogens with zero attached hydrogens (tertiary/aromatic N) is 1. The molecular weight excluding hydrogens is 252 g/mol. The van der Waals surface area contributed by atoms with Crippen molar-refractivity contribution < 1.29 is 9.53 Å². The maximum Gasteiger partial charge on any atom is 0.341 e. The van der Waals surface area contributed by atoms with Crippen LogP contribution in [-0.2, 0) is 4.74 Å². The van der Waals surface area contributed by atoms with Gasteiger partial charge in [0.25, 0.3) is 0 Å². The first-order valence-corrected chi connectivity index (χ1v) is 7.61. The first kappa shape index (κ1) is 14.8. The number of pyridine rings is 1. The Hall–Kier alpha value is -1.58. The van der Waals surface area contributed by atoms with E-state index in [-0.39, 0.29) is 5.97 Å². The van der Waals surface area contributed by atoms with E-state index in [4.69, 9.17) is 4.74 Å². The molecular formula is C16H24N2O2. The van der Waals surface area contributed by atoms with E-state index in [2.05, 4.69) is 17.2 Å². The smallest absolute Gasteiger partial charge is 0.341 e. The number of nitrogens with one attached hydrogen (secondary N) is 1. The van der Waals surface area contributed by atoms with Gasteiger partial charge in [-0.15, -0.1) is 0 Å². The first-order valence-electron chi connectivity index (χ1n) is 7.61. The Kier molecular flexibility index (Phi) is 5.39. The van der Waals surface area contributed by atoms with Crippen molar-refractivity contribution in [1.29, 1.82) is 0 Å². The fraction of sp³-hybridized carbons (Fsp3) is 0.625. The van der Waals surface area contributed by atoms with E-state index >= 15 is 0 Å². The summed E-state index contributed by atoms with van der Waals surface area (Å²) in [6.07, 6.45) is 8.19. The highest BCUT2D eigenvalue weighted by Crippen LogP contribution is 2.28. The van der Waals surface area contributed by atoms with Gasteiger partial charge in [-0.2, -0.15) is 0 Å². The number of carbonyl (C=O) groups is 1. The summed E-state index contributed by atoms with van der Waals surface area (Å²) in [5.41, 5.74) is 0.525. The highest BCUT2D eigenvalue weighted by Gasteiger charge is 2.22. The normalized spacial score (nSPS) is 17.5. The molecule has 1 atom stereocenters. The van der Waals surface area contributed by atoms with Crippen LogP contribution < -0.4 is 5.32 Å². The topological polar surface area (TPSA) is 51.2 Å². The van der Waals surface area contributed by atoms with E-state index in [0.29, 0.717) is 29.9 Å². The monoisotopic (exact) mass is 276 g/mol. The van der Waals surface area contributed by atoms with Crippen LogP contribution >= 0.6 is 0 Å². The highest BCUT2D eigenvalue weighted by atomic mass is 16.5. The summed E-state index contributed by atoms with van der Waals surface area (Å²) in [7, 11) is 0. The first-order chi connectivity index (χ1) is 9.72. The summed E-state index contributed by atoms with van der Waals surface area (Å²) in [5.74, 6) is 1.00. The quantitative estimate of drug-likeness (QED) is 0.834. The number of hydrogen-bond acceptors (Lipinski definition) is 4. The van der Waals surface area contributed by atoms with Crippen molar-refractivity contribution in [3.63, 3.8) is 0 Å². The molecule has 2 rings (SSSR count). The minimum absolute atomic E-state index is 0.307. The van der Waals surface area contributed by atoms with E-state index < -0.39 is 0 Å². The second kappa shape index (κ2) is 7.27. The van der Waals surface area contributed by atoms with Gasteiger partial charge in [-0.05, 0) is 44.7 Å². The predicted molar refractivity (Wildman–Crippen MR) is 79.9 cm³/mol. The minimum Gasteiger partial charge on any atom is -0.462 e. The number of hydrogen-bond donors (Lipinski definition) is 1. The Balaban J connectivity index is 2.06. The standard InChI is InChI=1S/C16H24N2O2/c1-3-20-16(19)14-10-7-11-17-15(14)18-12(2)13-8-5-4-6-9-13/h7,10-13H,3-6,8-9H2,1-2H3,(H,17,18). The zero-order valence-corrected chi connectivity index (χ0v) is 12.4. The lowest BCUT2D eigenvalue weighted by atomic mass is 9.84. The van der Waals surface area contributed by atoms with Crippen LogP contribution in [0.1, 0.15) is 56.3 Å². The molecule has 0 radical (unpaired) electrons. The van der Waals surface area contributed by atoms with Crippen molar-refractivity contribution in [3.05, 3.63) is 23.9 Å². The van der Waals surface area contributed by atoms with Gasteiger partial charge in [0.15, 0.2) is 0 Å². The van der Waals surface area contributed by atoms with E-state index in [1.165, 1.54) is 32.1 Å². The molecule has 0 saturated heterocycles. The lowest BCUT2D eigenvalue weighted by Gasteiger charge is -2.29. The lowest BCUT2D eigenvalue weighted by Crippen LogP contribution is -2.29.